The maximum atomic E-state index is 12.2. The summed E-state index contributed by atoms with van der Waals surface area (Å²) in [4.78, 5) is 4.77. The van der Waals surface area contributed by atoms with Crippen molar-refractivity contribution in [2.75, 3.05) is 39.1 Å². The van der Waals surface area contributed by atoms with Crippen LogP contribution in [0.2, 0.25) is 0 Å². The summed E-state index contributed by atoms with van der Waals surface area (Å²) in [6, 6.07) is 8.53. The molecule has 7 heteroatoms. The number of rotatable bonds is 10. The molecule has 0 aliphatic carbocycles. The van der Waals surface area contributed by atoms with Crippen LogP contribution in [0, 0.1) is 0 Å². The summed E-state index contributed by atoms with van der Waals surface area (Å²) in [6.07, 6.45) is 1.38. The molecule has 0 saturated carbocycles. The van der Waals surface area contributed by atoms with Crippen molar-refractivity contribution in [2.24, 2.45) is 4.99 Å². The first kappa shape index (κ1) is 19.4. The van der Waals surface area contributed by atoms with E-state index in [-0.39, 0.29) is 5.75 Å². The second-order valence-corrected chi connectivity index (χ2v) is 7.13. The minimum Gasteiger partial charge on any atom is -0.385 e. The number of nitrogens with zero attached hydrogens (tertiary/aromatic N) is 1. The number of methoxy groups -OCH3 is 1. The van der Waals surface area contributed by atoms with Crippen molar-refractivity contribution in [3.63, 3.8) is 0 Å². The second kappa shape index (κ2) is 11.0. The molecule has 0 heterocycles. The molecule has 0 atom stereocenters. The Balaban J connectivity index is 2.42. The fourth-order valence-corrected chi connectivity index (χ4v) is 3.27. The van der Waals surface area contributed by atoms with Gasteiger partial charge in [-0.3, -0.25) is 4.99 Å². The minimum absolute atomic E-state index is 0.101. The van der Waals surface area contributed by atoms with E-state index in [4.69, 9.17) is 4.74 Å². The first-order valence-corrected chi connectivity index (χ1v) is 9.54. The van der Waals surface area contributed by atoms with Crippen molar-refractivity contribution in [2.45, 2.75) is 24.7 Å². The first-order chi connectivity index (χ1) is 11.1. The van der Waals surface area contributed by atoms with Crippen molar-refractivity contribution in [1.82, 2.24) is 10.6 Å². The summed E-state index contributed by atoms with van der Waals surface area (Å²) in [5.74, 6) is 0.810. The molecule has 23 heavy (non-hydrogen) atoms. The standard InChI is InChI=1S/C16H27N3O3S/c1-3-17-16(18-11-7-13-22-2)19-12-8-14-23(20,21)15-9-5-4-6-10-15/h4-6,9-10H,3,7-8,11-14H2,1-2H3,(H2,17,18,19). The maximum absolute atomic E-state index is 12.2. The van der Waals surface area contributed by atoms with Crippen LogP contribution in [0.1, 0.15) is 19.8 Å². The molecular weight excluding hydrogens is 314 g/mol. The Morgan fingerprint density at radius 3 is 2.57 bits per heavy atom. The molecule has 130 valence electrons. The van der Waals surface area contributed by atoms with Crippen LogP contribution in [0.5, 0.6) is 0 Å². The number of hydrogen-bond acceptors (Lipinski definition) is 4. The molecule has 6 nitrogen and oxygen atoms in total. The summed E-state index contributed by atoms with van der Waals surface area (Å²) in [6.45, 7) is 4.68. The monoisotopic (exact) mass is 341 g/mol. The summed E-state index contributed by atoms with van der Waals surface area (Å²) >= 11 is 0. The highest BCUT2D eigenvalue weighted by Gasteiger charge is 2.12. The molecule has 1 aromatic carbocycles. The maximum Gasteiger partial charge on any atom is 0.191 e. The van der Waals surface area contributed by atoms with Gasteiger partial charge in [0, 0.05) is 33.4 Å². The molecule has 1 rings (SSSR count). The average molecular weight is 341 g/mol. The van der Waals surface area contributed by atoms with Crippen molar-refractivity contribution in [3.05, 3.63) is 30.3 Å². The number of nitrogens with one attached hydrogen (secondary N) is 2. The summed E-state index contributed by atoms with van der Waals surface area (Å²) < 4.78 is 29.3. The molecule has 0 aliphatic heterocycles. The van der Waals surface area contributed by atoms with Crippen molar-refractivity contribution in [3.8, 4) is 0 Å². The molecule has 1 aromatic rings. The van der Waals surface area contributed by atoms with Crippen molar-refractivity contribution >= 4 is 15.8 Å². The van der Waals surface area contributed by atoms with Crippen LogP contribution in [0.15, 0.2) is 40.2 Å². The van der Waals surface area contributed by atoms with Gasteiger partial charge in [0.15, 0.2) is 15.8 Å². The number of hydrogen-bond donors (Lipinski definition) is 2. The summed E-state index contributed by atoms with van der Waals surface area (Å²) in [5.41, 5.74) is 0. The van der Waals surface area contributed by atoms with Gasteiger partial charge in [-0.15, -0.1) is 0 Å². The Labute approximate surface area is 139 Å². The average Bonchev–Trinajstić information content (AvgIpc) is 2.56. The van der Waals surface area contributed by atoms with Gasteiger partial charge in [0.1, 0.15) is 0 Å². The van der Waals surface area contributed by atoms with Gasteiger partial charge in [-0.25, -0.2) is 8.42 Å². The quantitative estimate of drug-likeness (QED) is 0.382. The third kappa shape index (κ3) is 7.99. The zero-order valence-electron chi connectivity index (χ0n) is 13.9. The molecule has 0 bridgehead atoms. The van der Waals surface area contributed by atoms with E-state index in [0.717, 1.165) is 19.5 Å². The van der Waals surface area contributed by atoms with Crippen LogP contribution >= 0.6 is 0 Å². The number of sulfone groups is 1. The van der Waals surface area contributed by atoms with Gasteiger partial charge >= 0.3 is 0 Å². The molecular formula is C16H27N3O3S. The van der Waals surface area contributed by atoms with Gasteiger partial charge in [0.2, 0.25) is 0 Å². The smallest absolute Gasteiger partial charge is 0.191 e. The van der Waals surface area contributed by atoms with Gasteiger partial charge in [0.25, 0.3) is 0 Å². The third-order valence-corrected chi connectivity index (χ3v) is 4.92. The minimum atomic E-state index is -3.22. The number of aliphatic imine (C=N–C) groups is 1. The molecule has 0 radical (unpaired) electrons. The van der Waals surface area contributed by atoms with Gasteiger partial charge in [-0.05, 0) is 31.9 Å². The fraction of sp³-hybridized carbons (Fsp3) is 0.562. The normalized spacial score (nSPS) is 12.2. The Bertz CT molecular complexity index is 559. The van der Waals surface area contributed by atoms with E-state index >= 15 is 0 Å². The Morgan fingerprint density at radius 1 is 1.17 bits per heavy atom. The zero-order chi connectivity index (χ0) is 17.0. The second-order valence-electron chi connectivity index (χ2n) is 5.02. The van der Waals surface area contributed by atoms with Gasteiger partial charge in [-0.2, -0.15) is 0 Å². The molecule has 0 spiro atoms. The molecule has 0 aliphatic rings. The van der Waals surface area contributed by atoms with Crippen LogP contribution in [0.25, 0.3) is 0 Å². The highest BCUT2D eigenvalue weighted by Crippen LogP contribution is 2.10. The van der Waals surface area contributed by atoms with E-state index in [1.807, 2.05) is 6.92 Å². The number of ether oxygens (including phenoxy) is 1. The highest BCUT2D eigenvalue weighted by molar-refractivity contribution is 7.91. The zero-order valence-corrected chi connectivity index (χ0v) is 14.7. The lowest BCUT2D eigenvalue weighted by atomic mass is 10.4. The van der Waals surface area contributed by atoms with Gasteiger partial charge in [-0.1, -0.05) is 18.2 Å². The SMILES string of the molecule is CCNC(=NCCCS(=O)(=O)c1ccccc1)NCCCOC. The van der Waals surface area contributed by atoms with E-state index < -0.39 is 9.84 Å². The predicted molar refractivity (Wildman–Crippen MR) is 93.6 cm³/mol. The van der Waals surface area contributed by atoms with E-state index in [1.165, 1.54) is 0 Å². The Morgan fingerprint density at radius 2 is 1.91 bits per heavy atom. The number of guanidine groups is 1. The Kier molecular flexibility index (Phi) is 9.31. The lowest BCUT2D eigenvalue weighted by Crippen LogP contribution is -2.38. The lowest BCUT2D eigenvalue weighted by molar-refractivity contribution is 0.195. The van der Waals surface area contributed by atoms with E-state index in [0.29, 0.717) is 30.4 Å². The van der Waals surface area contributed by atoms with Crippen LogP contribution in [-0.2, 0) is 14.6 Å². The fourth-order valence-electron chi connectivity index (χ4n) is 1.96. The molecule has 0 saturated heterocycles. The van der Waals surface area contributed by atoms with Gasteiger partial charge in [0.05, 0.1) is 10.6 Å². The molecule has 0 aromatic heterocycles. The third-order valence-electron chi connectivity index (χ3n) is 3.11. The van der Waals surface area contributed by atoms with E-state index in [2.05, 4.69) is 15.6 Å². The Hall–Kier alpha value is -1.60. The van der Waals surface area contributed by atoms with Gasteiger partial charge < -0.3 is 15.4 Å². The van der Waals surface area contributed by atoms with Crippen LogP contribution in [0.4, 0.5) is 0 Å². The topological polar surface area (TPSA) is 79.8 Å². The molecule has 2 N–H and O–H groups in total. The summed E-state index contributed by atoms with van der Waals surface area (Å²) in [5, 5.41) is 6.33. The summed E-state index contributed by atoms with van der Waals surface area (Å²) in [7, 11) is -1.55. The van der Waals surface area contributed by atoms with Crippen LogP contribution in [0.3, 0.4) is 0 Å². The van der Waals surface area contributed by atoms with E-state index in [9.17, 15) is 8.42 Å². The van der Waals surface area contributed by atoms with Crippen molar-refractivity contribution < 1.29 is 13.2 Å². The predicted octanol–water partition coefficient (Wildman–Crippen LogP) is 1.44. The first-order valence-electron chi connectivity index (χ1n) is 7.89. The largest absolute Gasteiger partial charge is 0.385 e. The van der Waals surface area contributed by atoms with Crippen LogP contribution in [-0.4, -0.2) is 53.5 Å². The van der Waals surface area contributed by atoms with E-state index in [1.54, 1.807) is 37.4 Å². The molecule has 0 fully saturated rings. The number of benzene rings is 1. The lowest BCUT2D eigenvalue weighted by Gasteiger charge is -2.11. The molecule has 0 unspecified atom stereocenters. The van der Waals surface area contributed by atoms with Crippen molar-refractivity contribution in [1.29, 1.82) is 0 Å². The van der Waals surface area contributed by atoms with Crippen LogP contribution < -0.4 is 10.6 Å². The highest BCUT2D eigenvalue weighted by atomic mass is 32.2. The molecule has 0 amide bonds.